The molecular formula is C14H11F2N3O2. The maximum atomic E-state index is 13.6. The Labute approximate surface area is 118 Å². The van der Waals surface area contributed by atoms with E-state index in [-0.39, 0.29) is 16.9 Å². The monoisotopic (exact) mass is 291 g/mol. The Morgan fingerprint density at radius 3 is 2.33 bits per heavy atom. The molecule has 0 heterocycles. The number of hydrogen-bond donors (Lipinski definition) is 3. The Bertz CT molecular complexity index is 732. The third kappa shape index (κ3) is 2.97. The van der Waals surface area contributed by atoms with Crippen LogP contribution in [0.4, 0.5) is 20.2 Å². The van der Waals surface area contributed by atoms with Gasteiger partial charge in [0, 0.05) is 6.07 Å². The van der Waals surface area contributed by atoms with Crippen LogP contribution in [0.1, 0.15) is 20.7 Å². The molecule has 0 saturated carbocycles. The van der Waals surface area contributed by atoms with Gasteiger partial charge in [-0.05, 0) is 18.2 Å². The second-order valence-corrected chi connectivity index (χ2v) is 4.22. The van der Waals surface area contributed by atoms with Crippen LogP contribution in [0, 0.1) is 11.6 Å². The van der Waals surface area contributed by atoms with Crippen LogP contribution in [-0.2, 0) is 0 Å². The molecule has 0 bridgehead atoms. The fraction of sp³-hybridized carbons (Fsp3) is 0. The number of nitrogen functional groups attached to an aromatic ring is 1. The summed E-state index contributed by atoms with van der Waals surface area (Å²) in [5, 5.41) is 2.34. The van der Waals surface area contributed by atoms with Gasteiger partial charge >= 0.3 is 0 Å². The van der Waals surface area contributed by atoms with Gasteiger partial charge in [0.1, 0.15) is 11.6 Å². The highest BCUT2D eigenvalue weighted by Crippen LogP contribution is 2.20. The molecule has 2 aromatic carbocycles. The summed E-state index contributed by atoms with van der Waals surface area (Å²) in [6, 6.07) is 7.37. The highest BCUT2D eigenvalue weighted by Gasteiger charge is 2.17. The molecule has 0 aliphatic carbocycles. The van der Waals surface area contributed by atoms with Gasteiger partial charge in [0.25, 0.3) is 11.8 Å². The van der Waals surface area contributed by atoms with Crippen molar-refractivity contribution in [2.24, 2.45) is 5.73 Å². The van der Waals surface area contributed by atoms with Crippen LogP contribution in [0.15, 0.2) is 36.4 Å². The van der Waals surface area contributed by atoms with Crippen molar-refractivity contribution in [3.8, 4) is 0 Å². The number of para-hydroxylation sites is 1. The SMILES string of the molecule is NC(=O)c1ccccc1NC(=O)c1cc(N)c(F)cc1F. The maximum Gasteiger partial charge on any atom is 0.258 e. The van der Waals surface area contributed by atoms with Crippen molar-refractivity contribution in [3.05, 3.63) is 59.2 Å². The number of amides is 2. The Hall–Kier alpha value is -2.96. The van der Waals surface area contributed by atoms with E-state index in [1.807, 2.05) is 0 Å². The first-order valence-electron chi connectivity index (χ1n) is 5.85. The number of nitrogens with two attached hydrogens (primary N) is 2. The zero-order valence-corrected chi connectivity index (χ0v) is 10.7. The van der Waals surface area contributed by atoms with Crippen LogP contribution in [0.3, 0.4) is 0 Å². The molecule has 0 aliphatic rings. The highest BCUT2D eigenvalue weighted by molar-refractivity contribution is 6.09. The number of carbonyl (C=O) groups excluding carboxylic acids is 2. The molecule has 0 atom stereocenters. The Morgan fingerprint density at radius 1 is 1.00 bits per heavy atom. The van der Waals surface area contributed by atoms with Gasteiger partial charge in [0.15, 0.2) is 0 Å². The van der Waals surface area contributed by atoms with E-state index >= 15 is 0 Å². The summed E-state index contributed by atoms with van der Waals surface area (Å²) in [4.78, 5) is 23.2. The van der Waals surface area contributed by atoms with Gasteiger partial charge in [0.2, 0.25) is 0 Å². The standard InChI is InChI=1S/C14H11F2N3O2/c15-9-6-10(16)11(17)5-8(9)14(21)19-12-4-2-1-3-7(12)13(18)20/h1-6H,17H2,(H2,18,20)(H,19,21). The fourth-order valence-corrected chi connectivity index (χ4v) is 1.74. The Kier molecular flexibility index (Phi) is 3.84. The molecule has 2 amide bonds. The largest absolute Gasteiger partial charge is 0.396 e. The molecule has 0 aromatic heterocycles. The first-order chi connectivity index (χ1) is 9.90. The van der Waals surface area contributed by atoms with Crippen LogP contribution in [0.25, 0.3) is 0 Å². The molecule has 5 nitrogen and oxygen atoms in total. The predicted molar refractivity (Wildman–Crippen MR) is 73.7 cm³/mol. The molecule has 0 spiro atoms. The first-order valence-corrected chi connectivity index (χ1v) is 5.85. The minimum absolute atomic E-state index is 0.0707. The van der Waals surface area contributed by atoms with Crippen molar-refractivity contribution in [3.63, 3.8) is 0 Å². The molecule has 5 N–H and O–H groups in total. The van der Waals surface area contributed by atoms with Crippen molar-refractivity contribution in [2.75, 3.05) is 11.1 Å². The summed E-state index contributed by atoms with van der Waals surface area (Å²) in [6.45, 7) is 0. The smallest absolute Gasteiger partial charge is 0.258 e. The van der Waals surface area contributed by atoms with Crippen molar-refractivity contribution in [1.82, 2.24) is 0 Å². The van der Waals surface area contributed by atoms with E-state index in [1.165, 1.54) is 12.1 Å². The number of primary amides is 1. The zero-order valence-electron chi connectivity index (χ0n) is 10.7. The van der Waals surface area contributed by atoms with E-state index in [0.717, 1.165) is 6.07 Å². The quantitative estimate of drug-likeness (QED) is 0.753. The van der Waals surface area contributed by atoms with Gasteiger partial charge < -0.3 is 16.8 Å². The summed E-state index contributed by atoms with van der Waals surface area (Å²) in [5.74, 6) is -3.63. The summed E-state index contributed by atoms with van der Waals surface area (Å²) in [7, 11) is 0. The lowest BCUT2D eigenvalue weighted by Crippen LogP contribution is -2.19. The summed E-state index contributed by atoms with van der Waals surface area (Å²) < 4.78 is 26.7. The molecule has 7 heteroatoms. The zero-order chi connectivity index (χ0) is 15.6. The summed E-state index contributed by atoms with van der Waals surface area (Å²) in [6.07, 6.45) is 0. The van der Waals surface area contributed by atoms with Crippen molar-refractivity contribution in [1.29, 1.82) is 0 Å². The Morgan fingerprint density at radius 2 is 1.67 bits per heavy atom. The lowest BCUT2D eigenvalue weighted by molar-refractivity contribution is 0.100. The Balaban J connectivity index is 2.35. The second kappa shape index (κ2) is 5.58. The number of halogens is 2. The molecule has 0 fully saturated rings. The fourth-order valence-electron chi connectivity index (χ4n) is 1.74. The van der Waals surface area contributed by atoms with E-state index in [9.17, 15) is 18.4 Å². The number of anilines is 2. The van der Waals surface area contributed by atoms with E-state index in [4.69, 9.17) is 11.5 Å². The van der Waals surface area contributed by atoms with Gasteiger partial charge in [-0.15, -0.1) is 0 Å². The van der Waals surface area contributed by atoms with Crippen LogP contribution in [0.5, 0.6) is 0 Å². The summed E-state index contributed by atoms with van der Waals surface area (Å²) >= 11 is 0. The molecular weight excluding hydrogens is 280 g/mol. The van der Waals surface area contributed by atoms with Gasteiger partial charge in [0.05, 0.1) is 22.5 Å². The third-order valence-corrected chi connectivity index (χ3v) is 2.77. The molecule has 0 saturated heterocycles. The number of nitrogens with one attached hydrogen (secondary N) is 1. The number of benzene rings is 2. The number of carbonyl (C=O) groups is 2. The molecule has 2 rings (SSSR count). The molecule has 0 radical (unpaired) electrons. The van der Waals surface area contributed by atoms with Gasteiger partial charge in [-0.3, -0.25) is 9.59 Å². The van der Waals surface area contributed by atoms with E-state index < -0.39 is 29.0 Å². The topological polar surface area (TPSA) is 98.2 Å². The summed E-state index contributed by atoms with van der Waals surface area (Å²) in [5.41, 5.74) is 9.87. The minimum atomic E-state index is -1.06. The van der Waals surface area contributed by atoms with Crippen LogP contribution >= 0.6 is 0 Å². The second-order valence-electron chi connectivity index (χ2n) is 4.22. The van der Waals surface area contributed by atoms with Crippen molar-refractivity contribution >= 4 is 23.2 Å². The van der Waals surface area contributed by atoms with Crippen LogP contribution < -0.4 is 16.8 Å². The lowest BCUT2D eigenvalue weighted by Gasteiger charge is -2.10. The van der Waals surface area contributed by atoms with Crippen molar-refractivity contribution < 1.29 is 18.4 Å². The average molecular weight is 291 g/mol. The maximum absolute atomic E-state index is 13.6. The number of rotatable bonds is 3. The normalized spacial score (nSPS) is 10.2. The van der Waals surface area contributed by atoms with Gasteiger partial charge in [-0.1, -0.05) is 12.1 Å². The lowest BCUT2D eigenvalue weighted by atomic mass is 10.1. The molecule has 0 unspecified atom stereocenters. The first kappa shape index (κ1) is 14.4. The molecule has 0 aliphatic heterocycles. The van der Waals surface area contributed by atoms with Gasteiger partial charge in [-0.2, -0.15) is 0 Å². The van der Waals surface area contributed by atoms with E-state index in [2.05, 4.69) is 5.32 Å². The predicted octanol–water partition coefficient (Wildman–Crippen LogP) is 1.90. The molecule has 108 valence electrons. The van der Waals surface area contributed by atoms with Crippen LogP contribution in [-0.4, -0.2) is 11.8 Å². The van der Waals surface area contributed by atoms with Crippen molar-refractivity contribution in [2.45, 2.75) is 0 Å². The van der Waals surface area contributed by atoms with E-state index in [0.29, 0.717) is 6.07 Å². The molecule has 2 aromatic rings. The minimum Gasteiger partial charge on any atom is -0.396 e. The molecule has 21 heavy (non-hydrogen) atoms. The van der Waals surface area contributed by atoms with Gasteiger partial charge in [-0.25, -0.2) is 8.78 Å². The third-order valence-electron chi connectivity index (χ3n) is 2.77. The number of hydrogen-bond acceptors (Lipinski definition) is 3. The van der Waals surface area contributed by atoms with Crippen LogP contribution in [0.2, 0.25) is 0 Å². The van der Waals surface area contributed by atoms with E-state index in [1.54, 1.807) is 12.1 Å². The highest BCUT2D eigenvalue weighted by atomic mass is 19.1. The average Bonchev–Trinajstić information content (AvgIpc) is 2.43.